The van der Waals surface area contributed by atoms with Gasteiger partial charge in [0.25, 0.3) is 0 Å². The Balaban J connectivity index is 2.75. The van der Waals surface area contributed by atoms with Crippen LogP contribution in [0.5, 0.6) is 0 Å². The number of carboxylic acid groups (broad SMARTS) is 1. The third-order valence-electron chi connectivity index (χ3n) is 3.96. The number of nitrogens with one attached hydrogen (secondary N) is 1. The van der Waals surface area contributed by atoms with E-state index in [-0.39, 0.29) is 18.0 Å². The summed E-state index contributed by atoms with van der Waals surface area (Å²) in [5.74, 6) is -1.03. The summed E-state index contributed by atoms with van der Waals surface area (Å²) in [4.78, 5) is 25.1. The van der Waals surface area contributed by atoms with Crippen molar-refractivity contribution in [3.8, 4) is 0 Å². The molecular weight excluding hydrogens is 268 g/mol. The predicted octanol–water partition coefficient (Wildman–Crippen LogP) is 2.51. The molecule has 1 aromatic rings. The van der Waals surface area contributed by atoms with Gasteiger partial charge in [-0.3, -0.25) is 0 Å². The highest BCUT2D eigenvalue weighted by molar-refractivity contribution is 5.83. The second-order valence-electron chi connectivity index (χ2n) is 5.76. The fourth-order valence-electron chi connectivity index (χ4n) is 1.81. The maximum Gasteiger partial charge on any atom is 0.326 e. The Morgan fingerprint density at radius 1 is 1.29 bits per heavy atom. The van der Waals surface area contributed by atoms with Crippen LogP contribution in [-0.4, -0.2) is 40.6 Å². The second kappa shape index (κ2) is 7.11. The van der Waals surface area contributed by atoms with E-state index in [0.29, 0.717) is 0 Å². The summed E-state index contributed by atoms with van der Waals surface area (Å²) in [6.07, 6.45) is 1.05. The molecule has 0 saturated carbocycles. The Hall–Kier alpha value is -2.04. The van der Waals surface area contributed by atoms with Crippen LogP contribution in [0.15, 0.2) is 30.3 Å². The van der Waals surface area contributed by atoms with Gasteiger partial charge in [0.05, 0.1) is 0 Å². The number of benzene rings is 1. The molecule has 2 amide bonds. The van der Waals surface area contributed by atoms with Gasteiger partial charge in [0.1, 0.15) is 6.04 Å². The number of rotatable bonds is 6. The molecular formula is C16H24N2O3. The highest BCUT2D eigenvalue weighted by atomic mass is 16.4. The van der Waals surface area contributed by atoms with Gasteiger partial charge in [-0.25, -0.2) is 9.59 Å². The fourth-order valence-corrected chi connectivity index (χ4v) is 1.81. The Bertz CT molecular complexity index is 486. The van der Waals surface area contributed by atoms with Crippen molar-refractivity contribution < 1.29 is 14.7 Å². The average Bonchev–Trinajstić information content (AvgIpc) is 2.46. The molecule has 5 heteroatoms. The Labute approximate surface area is 126 Å². The maximum absolute atomic E-state index is 12.2. The second-order valence-corrected chi connectivity index (χ2v) is 5.76. The number of carbonyl (C=O) groups is 2. The lowest BCUT2D eigenvalue weighted by Gasteiger charge is -2.35. The lowest BCUT2D eigenvalue weighted by Crippen LogP contribution is -2.53. The molecule has 2 N–H and O–H groups in total. The first-order chi connectivity index (χ1) is 9.77. The molecule has 5 nitrogen and oxygen atoms in total. The number of carboxylic acids is 1. The molecule has 0 heterocycles. The minimum atomic E-state index is -1.03. The molecule has 0 fully saturated rings. The van der Waals surface area contributed by atoms with E-state index in [0.717, 1.165) is 12.0 Å². The van der Waals surface area contributed by atoms with Crippen LogP contribution in [0.2, 0.25) is 0 Å². The van der Waals surface area contributed by atoms with Gasteiger partial charge in [-0.1, -0.05) is 37.3 Å². The van der Waals surface area contributed by atoms with Crippen LogP contribution in [0.4, 0.5) is 4.79 Å². The van der Waals surface area contributed by atoms with Crippen molar-refractivity contribution in [1.82, 2.24) is 10.2 Å². The zero-order chi connectivity index (χ0) is 16.0. The monoisotopic (exact) mass is 292 g/mol. The first-order valence-corrected chi connectivity index (χ1v) is 7.09. The molecule has 0 aliphatic carbocycles. The standard InChI is InChI=1S/C16H24N2O3/c1-5-16(2,3)18(4)15(21)17-13(14(19)20)11-12-9-7-6-8-10-12/h6-10,13H,5,11H2,1-4H3,(H,17,21)(H,19,20)/t13-/m1/s1. The van der Waals surface area contributed by atoms with Crippen LogP contribution in [0.1, 0.15) is 32.8 Å². The number of amides is 2. The third-order valence-corrected chi connectivity index (χ3v) is 3.96. The minimum Gasteiger partial charge on any atom is -0.480 e. The van der Waals surface area contributed by atoms with E-state index in [1.807, 2.05) is 51.1 Å². The maximum atomic E-state index is 12.2. The van der Waals surface area contributed by atoms with E-state index in [9.17, 15) is 14.7 Å². The van der Waals surface area contributed by atoms with Crippen molar-refractivity contribution in [2.45, 2.75) is 45.2 Å². The van der Waals surface area contributed by atoms with Crippen molar-refractivity contribution in [2.75, 3.05) is 7.05 Å². The smallest absolute Gasteiger partial charge is 0.326 e. The van der Waals surface area contributed by atoms with E-state index in [2.05, 4.69) is 5.32 Å². The van der Waals surface area contributed by atoms with E-state index in [4.69, 9.17) is 0 Å². The van der Waals surface area contributed by atoms with E-state index >= 15 is 0 Å². The molecule has 0 spiro atoms. The molecule has 1 aromatic carbocycles. The summed E-state index contributed by atoms with van der Waals surface area (Å²) < 4.78 is 0. The SMILES string of the molecule is CCC(C)(C)N(C)C(=O)N[C@H](Cc1ccccc1)C(=O)O. The van der Waals surface area contributed by atoms with Crippen molar-refractivity contribution in [2.24, 2.45) is 0 Å². The number of hydrogen-bond acceptors (Lipinski definition) is 2. The highest BCUT2D eigenvalue weighted by Crippen LogP contribution is 2.16. The molecule has 0 saturated heterocycles. The molecule has 116 valence electrons. The lowest BCUT2D eigenvalue weighted by molar-refractivity contribution is -0.139. The zero-order valence-corrected chi connectivity index (χ0v) is 13.1. The van der Waals surface area contributed by atoms with Gasteiger partial charge in [-0.2, -0.15) is 0 Å². The van der Waals surface area contributed by atoms with Gasteiger partial charge < -0.3 is 15.3 Å². The summed E-state index contributed by atoms with van der Waals surface area (Å²) in [7, 11) is 1.68. The Morgan fingerprint density at radius 2 is 1.86 bits per heavy atom. The molecule has 0 bridgehead atoms. The number of hydrogen-bond donors (Lipinski definition) is 2. The molecule has 0 aliphatic rings. The summed E-state index contributed by atoms with van der Waals surface area (Å²) >= 11 is 0. The van der Waals surface area contributed by atoms with Gasteiger partial charge in [-0.15, -0.1) is 0 Å². The van der Waals surface area contributed by atoms with Crippen LogP contribution < -0.4 is 5.32 Å². The first kappa shape index (κ1) is 17.0. The number of nitrogens with zero attached hydrogens (tertiary/aromatic N) is 1. The first-order valence-electron chi connectivity index (χ1n) is 7.09. The molecule has 0 aliphatic heterocycles. The Kier molecular flexibility index (Phi) is 5.76. The van der Waals surface area contributed by atoms with Crippen LogP contribution in [0.3, 0.4) is 0 Å². The van der Waals surface area contributed by atoms with Gasteiger partial charge in [-0.05, 0) is 25.8 Å². The van der Waals surface area contributed by atoms with E-state index < -0.39 is 12.0 Å². The normalized spacial score (nSPS) is 12.6. The largest absolute Gasteiger partial charge is 0.480 e. The molecule has 0 radical (unpaired) electrons. The lowest BCUT2D eigenvalue weighted by atomic mass is 10.0. The third kappa shape index (κ3) is 4.77. The molecule has 21 heavy (non-hydrogen) atoms. The summed E-state index contributed by atoms with van der Waals surface area (Å²) in [5, 5.41) is 11.9. The van der Waals surface area contributed by atoms with Crippen molar-refractivity contribution in [3.05, 3.63) is 35.9 Å². The quantitative estimate of drug-likeness (QED) is 0.846. The predicted molar refractivity (Wildman–Crippen MR) is 82.2 cm³/mol. The summed E-state index contributed by atoms with van der Waals surface area (Å²) in [6.45, 7) is 5.88. The van der Waals surface area contributed by atoms with Gasteiger partial charge >= 0.3 is 12.0 Å². The minimum absolute atomic E-state index is 0.266. The number of aliphatic carboxylic acids is 1. The number of carbonyl (C=O) groups excluding carboxylic acids is 1. The van der Waals surface area contributed by atoms with Gasteiger partial charge in [0.15, 0.2) is 0 Å². The van der Waals surface area contributed by atoms with Gasteiger partial charge in [0, 0.05) is 19.0 Å². The van der Waals surface area contributed by atoms with Crippen molar-refractivity contribution in [1.29, 1.82) is 0 Å². The van der Waals surface area contributed by atoms with Crippen molar-refractivity contribution >= 4 is 12.0 Å². The summed E-state index contributed by atoms with van der Waals surface area (Å²) in [6, 6.07) is 7.96. The van der Waals surface area contributed by atoms with Crippen LogP contribution >= 0.6 is 0 Å². The topological polar surface area (TPSA) is 69.6 Å². The van der Waals surface area contributed by atoms with E-state index in [1.54, 1.807) is 11.9 Å². The fraction of sp³-hybridized carbons (Fsp3) is 0.500. The average molecular weight is 292 g/mol. The van der Waals surface area contributed by atoms with Crippen LogP contribution in [0.25, 0.3) is 0 Å². The molecule has 1 rings (SSSR count). The van der Waals surface area contributed by atoms with E-state index in [1.165, 1.54) is 0 Å². The van der Waals surface area contributed by atoms with Gasteiger partial charge in [0.2, 0.25) is 0 Å². The number of urea groups is 1. The Morgan fingerprint density at radius 3 is 2.33 bits per heavy atom. The zero-order valence-electron chi connectivity index (χ0n) is 13.1. The molecule has 0 unspecified atom stereocenters. The van der Waals surface area contributed by atoms with Crippen LogP contribution in [-0.2, 0) is 11.2 Å². The molecule has 0 aromatic heterocycles. The molecule has 1 atom stereocenters. The summed E-state index contributed by atoms with van der Waals surface area (Å²) in [5.41, 5.74) is 0.558. The highest BCUT2D eigenvalue weighted by Gasteiger charge is 2.29. The van der Waals surface area contributed by atoms with Crippen LogP contribution in [0, 0.1) is 0 Å². The van der Waals surface area contributed by atoms with Crippen molar-refractivity contribution in [3.63, 3.8) is 0 Å².